The van der Waals surface area contributed by atoms with Gasteiger partial charge in [0.05, 0.1) is 25.1 Å². The Morgan fingerprint density at radius 2 is 1.66 bits per heavy atom. The van der Waals surface area contributed by atoms with Crippen LogP contribution in [-0.4, -0.2) is 54.0 Å². The van der Waals surface area contributed by atoms with Crippen molar-refractivity contribution in [3.05, 3.63) is 99.6 Å². The Balaban J connectivity index is 0.000000164. The molecule has 6 N–H and O–H groups in total. The summed E-state index contributed by atoms with van der Waals surface area (Å²) in [6, 6.07) is 16.6. The smallest absolute Gasteiger partial charge is 0.340 e. The number of aromatic hydroxyl groups is 2. The predicted molar refractivity (Wildman–Crippen MR) is 144 cm³/mol. The zero-order valence-electron chi connectivity index (χ0n) is 21.3. The summed E-state index contributed by atoms with van der Waals surface area (Å²) in [6.45, 7) is 0.300. The second-order valence-electron chi connectivity index (χ2n) is 9.18. The Labute approximate surface area is 231 Å². The van der Waals surface area contributed by atoms with Crippen molar-refractivity contribution in [1.82, 2.24) is 19.5 Å². The maximum atomic E-state index is 12.5. The van der Waals surface area contributed by atoms with E-state index in [0.717, 1.165) is 0 Å². The molecule has 0 radical (unpaired) electrons. The van der Waals surface area contributed by atoms with E-state index in [4.69, 9.17) is 25.1 Å². The third-order valence-electron chi connectivity index (χ3n) is 6.64. The van der Waals surface area contributed by atoms with Crippen LogP contribution < -0.4 is 16.0 Å². The molecular formula is C28H23N5O8. The molecule has 0 saturated carbocycles. The Morgan fingerprint density at radius 1 is 0.976 bits per heavy atom. The third-order valence-corrected chi connectivity index (χ3v) is 6.64. The van der Waals surface area contributed by atoms with E-state index in [1.165, 1.54) is 35.2 Å². The van der Waals surface area contributed by atoms with Gasteiger partial charge >= 0.3 is 5.97 Å². The number of nitrogens with zero attached hydrogens (tertiary/aromatic N) is 3. The van der Waals surface area contributed by atoms with E-state index < -0.39 is 11.6 Å². The number of aliphatic hydroxyl groups excluding tert-OH is 1. The van der Waals surface area contributed by atoms with Gasteiger partial charge in [-0.3, -0.25) is 14.3 Å². The number of rotatable bonds is 4. The van der Waals surface area contributed by atoms with Crippen LogP contribution in [0.1, 0.15) is 27.0 Å². The molecule has 3 aromatic carbocycles. The Bertz CT molecular complexity index is 1810. The van der Waals surface area contributed by atoms with Crippen molar-refractivity contribution in [2.75, 3.05) is 18.9 Å². The Kier molecular flexibility index (Phi) is 6.29. The minimum Gasteiger partial charge on any atom is -0.508 e. The quantitative estimate of drug-likeness (QED) is 0.161. The number of hydrogen-bond donors (Lipinski definition) is 5. The summed E-state index contributed by atoms with van der Waals surface area (Å²) in [5, 5.41) is 28.2. The monoisotopic (exact) mass is 557 g/mol. The predicted octanol–water partition coefficient (Wildman–Crippen LogP) is 2.33. The number of nitrogen functional groups attached to an aromatic ring is 1. The number of imidazole rings is 1. The standard InChI is InChI=1S/C20H12O5.C8H11N5O3/c21-11-5-7-15-17(9-11)24-18-10-12(22)6-8-16(18)20(15)14-4-2-1-3-13(14)19(23)25-20;9-8-11-6-5(7(15)12-8)10-3-13(6)4-16-2-1-14/h1-10,21-22H;3,14H,1-2,4H2,(H3,9,11,12,15). The molecule has 2 aliphatic rings. The number of phenolic OH excluding ortho intramolecular Hbond substituents is 2. The number of carbonyl (C=O) groups excluding carboxylic acids is 1. The fourth-order valence-corrected chi connectivity index (χ4v) is 4.95. The molecule has 4 heterocycles. The SMILES string of the molecule is Nc1nc2c(ncn2COCCO)c(=O)[nH]1.O=C1OC2(c3ccc(O)cc3Oc3cc(O)ccc32)c2ccccc21. The van der Waals surface area contributed by atoms with E-state index in [9.17, 15) is 19.8 Å². The van der Waals surface area contributed by atoms with Crippen LogP contribution in [0.15, 0.2) is 71.8 Å². The first kappa shape index (κ1) is 25.9. The summed E-state index contributed by atoms with van der Waals surface area (Å²) >= 11 is 0. The molecule has 1 spiro atoms. The topological polar surface area (TPSA) is 195 Å². The second-order valence-corrected chi connectivity index (χ2v) is 9.18. The van der Waals surface area contributed by atoms with Gasteiger partial charge in [0.25, 0.3) is 5.56 Å². The largest absolute Gasteiger partial charge is 0.508 e. The summed E-state index contributed by atoms with van der Waals surface area (Å²) in [7, 11) is 0. The van der Waals surface area contributed by atoms with E-state index in [1.54, 1.807) is 24.3 Å². The highest BCUT2D eigenvalue weighted by Crippen LogP contribution is 2.56. The van der Waals surface area contributed by atoms with Crippen molar-refractivity contribution in [1.29, 1.82) is 0 Å². The molecule has 0 atom stereocenters. The van der Waals surface area contributed by atoms with E-state index in [0.29, 0.717) is 39.4 Å². The van der Waals surface area contributed by atoms with E-state index in [2.05, 4.69) is 15.0 Å². The Hall–Kier alpha value is -5.40. The molecule has 2 aromatic heterocycles. The molecule has 13 nitrogen and oxygen atoms in total. The van der Waals surface area contributed by atoms with Crippen LogP contribution in [-0.2, 0) is 21.8 Å². The number of nitrogens with two attached hydrogens (primary N) is 1. The number of carbonyl (C=O) groups is 1. The number of aromatic amines is 1. The van der Waals surface area contributed by atoms with Crippen LogP contribution in [0, 0.1) is 0 Å². The molecule has 13 heteroatoms. The van der Waals surface area contributed by atoms with Crippen molar-refractivity contribution in [3.8, 4) is 23.0 Å². The van der Waals surface area contributed by atoms with E-state index >= 15 is 0 Å². The van der Waals surface area contributed by atoms with Gasteiger partial charge in [-0.05, 0) is 30.3 Å². The maximum Gasteiger partial charge on any atom is 0.340 e. The molecule has 0 fully saturated rings. The number of phenols is 2. The van der Waals surface area contributed by atoms with Gasteiger partial charge in [0.1, 0.15) is 29.7 Å². The normalized spacial score (nSPS) is 13.9. The lowest BCUT2D eigenvalue weighted by molar-refractivity contribution is 0.0224. The van der Waals surface area contributed by atoms with Gasteiger partial charge in [-0.25, -0.2) is 9.78 Å². The molecule has 208 valence electrons. The molecule has 7 rings (SSSR count). The van der Waals surface area contributed by atoms with Gasteiger partial charge in [-0.1, -0.05) is 18.2 Å². The number of nitrogens with one attached hydrogen (secondary N) is 1. The van der Waals surface area contributed by atoms with Crippen LogP contribution in [0.3, 0.4) is 0 Å². The Morgan fingerprint density at radius 3 is 2.34 bits per heavy atom. The first-order valence-electron chi connectivity index (χ1n) is 12.4. The van der Waals surface area contributed by atoms with Gasteiger partial charge in [-0.2, -0.15) is 4.98 Å². The van der Waals surface area contributed by atoms with Crippen LogP contribution in [0.5, 0.6) is 23.0 Å². The first-order chi connectivity index (χ1) is 19.8. The van der Waals surface area contributed by atoms with Crippen LogP contribution >= 0.6 is 0 Å². The minimum absolute atomic E-state index is 0.0291. The average Bonchev–Trinajstić information content (AvgIpc) is 3.48. The number of aromatic nitrogens is 4. The molecule has 0 saturated heterocycles. The molecule has 41 heavy (non-hydrogen) atoms. The van der Waals surface area contributed by atoms with Gasteiger partial charge < -0.3 is 35.3 Å². The van der Waals surface area contributed by atoms with Crippen LogP contribution in [0.4, 0.5) is 5.95 Å². The maximum absolute atomic E-state index is 12.5. The van der Waals surface area contributed by atoms with Crippen molar-refractivity contribution >= 4 is 23.1 Å². The van der Waals surface area contributed by atoms with Crippen LogP contribution in [0.2, 0.25) is 0 Å². The summed E-state index contributed by atoms with van der Waals surface area (Å²) in [5.74, 6) is 0.437. The van der Waals surface area contributed by atoms with Crippen LogP contribution in [0.25, 0.3) is 11.2 Å². The van der Waals surface area contributed by atoms with Crippen molar-refractivity contribution < 1.29 is 34.3 Å². The highest BCUT2D eigenvalue weighted by atomic mass is 16.6. The molecule has 5 aromatic rings. The molecular weight excluding hydrogens is 534 g/mol. The molecule has 0 bridgehead atoms. The van der Waals surface area contributed by atoms with Gasteiger partial charge in [-0.15, -0.1) is 0 Å². The lowest BCUT2D eigenvalue weighted by Gasteiger charge is -2.36. The zero-order valence-corrected chi connectivity index (χ0v) is 21.3. The highest BCUT2D eigenvalue weighted by molar-refractivity contribution is 5.97. The summed E-state index contributed by atoms with van der Waals surface area (Å²) in [5.41, 5.74) is 6.89. The molecule has 0 aliphatic carbocycles. The number of fused-ring (bicyclic) bond motifs is 7. The number of hydrogen-bond acceptors (Lipinski definition) is 11. The number of aliphatic hydroxyl groups is 1. The zero-order chi connectivity index (χ0) is 28.7. The third kappa shape index (κ3) is 4.29. The number of H-pyrrole nitrogens is 1. The van der Waals surface area contributed by atoms with Crippen molar-refractivity contribution in [2.24, 2.45) is 0 Å². The van der Waals surface area contributed by atoms with E-state index in [-0.39, 0.29) is 48.5 Å². The average molecular weight is 558 g/mol. The first-order valence-corrected chi connectivity index (χ1v) is 12.4. The van der Waals surface area contributed by atoms with Gasteiger partial charge in [0.15, 0.2) is 16.8 Å². The van der Waals surface area contributed by atoms with Crippen molar-refractivity contribution in [2.45, 2.75) is 12.3 Å². The summed E-state index contributed by atoms with van der Waals surface area (Å²) in [6.07, 6.45) is 1.43. The van der Waals surface area contributed by atoms with Gasteiger partial charge in [0.2, 0.25) is 5.95 Å². The fourth-order valence-electron chi connectivity index (χ4n) is 4.95. The lowest BCUT2D eigenvalue weighted by atomic mass is 9.77. The number of benzene rings is 3. The number of anilines is 1. The number of ether oxygens (including phenoxy) is 3. The van der Waals surface area contributed by atoms with E-state index in [1.807, 2.05) is 12.1 Å². The minimum atomic E-state index is -1.17. The van der Waals surface area contributed by atoms with Crippen molar-refractivity contribution in [3.63, 3.8) is 0 Å². The molecule has 2 aliphatic heterocycles. The van der Waals surface area contributed by atoms with Gasteiger partial charge in [0, 0.05) is 28.8 Å². The highest BCUT2D eigenvalue weighted by Gasteiger charge is 2.53. The fraction of sp³-hybridized carbons (Fsp3) is 0.143. The number of esters is 1. The molecule has 0 amide bonds. The molecule has 0 unspecified atom stereocenters. The second kappa shape index (κ2) is 9.97. The lowest BCUT2D eigenvalue weighted by Crippen LogP contribution is -2.32. The summed E-state index contributed by atoms with van der Waals surface area (Å²) < 4.78 is 18.4. The summed E-state index contributed by atoms with van der Waals surface area (Å²) in [4.78, 5) is 34.1.